The average Bonchev–Trinajstić information content (AvgIpc) is 2.57. The fourth-order valence-corrected chi connectivity index (χ4v) is 2.76. The average molecular weight is 434 g/mol. The van der Waals surface area contributed by atoms with Gasteiger partial charge in [0.2, 0.25) is 5.91 Å². The van der Waals surface area contributed by atoms with Crippen molar-refractivity contribution in [2.75, 3.05) is 30.8 Å². The minimum absolute atomic E-state index is 0. The summed E-state index contributed by atoms with van der Waals surface area (Å²) in [6.07, 6.45) is 1.92. The molecule has 28 heavy (non-hydrogen) atoms. The topological polar surface area (TPSA) is 99.5 Å². The highest BCUT2D eigenvalue weighted by Crippen LogP contribution is 2.20. The molecule has 1 atom stereocenters. The molecule has 0 unspecified atom stereocenters. The number of amides is 3. The molecule has 1 aliphatic heterocycles. The van der Waals surface area contributed by atoms with Crippen molar-refractivity contribution in [3.05, 3.63) is 24.3 Å². The van der Waals surface area contributed by atoms with Gasteiger partial charge in [-0.2, -0.15) is 0 Å². The molecule has 0 spiro atoms. The Morgan fingerprint density at radius 1 is 1.04 bits per heavy atom. The maximum absolute atomic E-state index is 12.1. The fourth-order valence-electron chi connectivity index (χ4n) is 2.76. The minimum Gasteiger partial charge on any atom is -0.335 e. The number of halogens is 2. The van der Waals surface area contributed by atoms with Crippen LogP contribution in [-0.4, -0.2) is 49.1 Å². The van der Waals surface area contributed by atoms with Gasteiger partial charge in [-0.25, -0.2) is 4.79 Å². The summed E-state index contributed by atoms with van der Waals surface area (Å²) in [4.78, 5) is 26.5. The van der Waals surface area contributed by atoms with Crippen molar-refractivity contribution in [3.8, 4) is 0 Å². The second-order valence-corrected chi connectivity index (χ2v) is 8.09. The SMILES string of the molecule is CN1CCC(NC(=O)Nc2ccc(NC(=O)[C@@H](N)C(C)(C)C)cc2)CC1.Cl.Cl. The molecule has 9 heteroatoms. The standard InChI is InChI=1S/C19H31N5O2.2ClH/c1-19(2,3)16(20)17(25)21-13-5-7-14(8-6-13)22-18(26)23-15-9-11-24(4)12-10-15;;/h5-8,15-16H,9-12,20H2,1-4H3,(H,21,25)(H2,22,23,26);2*1H/t16-;;/m1../s1. The zero-order valence-electron chi connectivity index (χ0n) is 17.0. The molecule has 1 aromatic carbocycles. The van der Waals surface area contributed by atoms with Gasteiger partial charge in [0, 0.05) is 17.4 Å². The first-order chi connectivity index (χ1) is 12.1. The third kappa shape index (κ3) is 8.22. The van der Waals surface area contributed by atoms with Crippen molar-refractivity contribution in [2.24, 2.45) is 11.1 Å². The van der Waals surface area contributed by atoms with E-state index in [1.807, 2.05) is 20.8 Å². The second kappa shape index (κ2) is 11.5. The first-order valence-electron chi connectivity index (χ1n) is 9.08. The predicted molar refractivity (Wildman–Crippen MR) is 120 cm³/mol. The van der Waals surface area contributed by atoms with E-state index in [4.69, 9.17) is 5.73 Å². The Bertz CT molecular complexity index is 626. The summed E-state index contributed by atoms with van der Waals surface area (Å²) in [6.45, 7) is 7.76. The molecule has 0 aromatic heterocycles. The summed E-state index contributed by atoms with van der Waals surface area (Å²) < 4.78 is 0. The lowest BCUT2D eigenvalue weighted by atomic mass is 9.87. The number of urea groups is 1. The van der Waals surface area contributed by atoms with E-state index in [1.54, 1.807) is 24.3 Å². The molecule has 0 bridgehead atoms. The smallest absolute Gasteiger partial charge is 0.319 e. The Balaban J connectivity index is 0.00000364. The molecule has 1 aromatic rings. The third-order valence-corrected chi connectivity index (χ3v) is 4.68. The van der Waals surface area contributed by atoms with E-state index in [0.29, 0.717) is 11.4 Å². The highest BCUT2D eigenvalue weighted by molar-refractivity contribution is 5.95. The van der Waals surface area contributed by atoms with Gasteiger partial charge < -0.3 is 26.6 Å². The van der Waals surface area contributed by atoms with Crippen LogP contribution >= 0.6 is 24.8 Å². The monoisotopic (exact) mass is 433 g/mol. The van der Waals surface area contributed by atoms with Crippen molar-refractivity contribution in [1.29, 1.82) is 0 Å². The van der Waals surface area contributed by atoms with Gasteiger partial charge in [-0.1, -0.05) is 20.8 Å². The maximum Gasteiger partial charge on any atom is 0.319 e. The predicted octanol–water partition coefficient (Wildman–Crippen LogP) is 3.06. The Labute approximate surface area is 180 Å². The van der Waals surface area contributed by atoms with Crippen LogP contribution < -0.4 is 21.7 Å². The van der Waals surface area contributed by atoms with Gasteiger partial charge in [0.25, 0.3) is 0 Å². The summed E-state index contributed by atoms with van der Waals surface area (Å²) in [5, 5.41) is 8.63. The maximum atomic E-state index is 12.1. The van der Waals surface area contributed by atoms with E-state index in [0.717, 1.165) is 25.9 Å². The fraction of sp³-hybridized carbons (Fsp3) is 0.579. The summed E-state index contributed by atoms with van der Waals surface area (Å²) in [7, 11) is 2.09. The zero-order chi connectivity index (χ0) is 19.3. The molecule has 1 saturated heterocycles. The molecule has 160 valence electrons. The van der Waals surface area contributed by atoms with Crippen LogP contribution in [0.25, 0.3) is 0 Å². The number of nitrogens with zero attached hydrogens (tertiary/aromatic N) is 1. The Morgan fingerprint density at radius 3 is 1.96 bits per heavy atom. The lowest BCUT2D eigenvalue weighted by Crippen LogP contribution is -2.45. The van der Waals surface area contributed by atoms with Crippen LogP contribution in [0.3, 0.4) is 0 Å². The first kappa shape index (κ1) is 26.5. The molecule has 7 nitrogen and oxygen atoms in total. The summed E-state index contributed by atoms with van der Waals surface area (Å²) in [5.41, 5.74) is 6.97. The molecule has 3 amide bonds. The van der Waals surface area contributed by atoms with Gasteiger partial charge in [0.1, 0.15) is 0 Å². The van der Waals surface area contributed by atoms with E-state index in [9.17, 15) is 9.59 Å². The lowest BCUT2D eigenvalue weighted by molar-refractivity contribution is -0.119. The van der Waals surface area contributed by atoms with Crippen molar-refractivity contribution < 1.29 is 9.59 Å². The summed E-state index contributed by atoms with van der Waals surface area (Å²) >= 11 is 0. The van der Waals surface area contributed by atoms with E-state index < -0.39 is 6.04 Å². The van der Waals surface area contributed by atoms with Crippen LogP contribution in [0.15, 0.2) is 24.3 Å². The second-order valence-electron chi connectivity index (χ2n) is 8.09. The van der Waals surface area contributed by atoms with Crippen LogP contribution in [0, 0.1) is 5.41 Å². The number of carbonyl (C=O) groups is 2. The number of likely N-dealkylation sites (tertiary alicyclic amines) is 1. The number of hydrogen-bond donors (Lipinski definition) is 4. The molecule has 2 rings (SSSR count). The molecule has 1 fully saturated rings. The van der Waals surface area contributed by atoms with Crippen molar-refractivity contribution in [3.63, 3.8) is 0 Å². The molecule has 0 aliphatic carbocycles. The normalized spacial score (nSPS) is 16.2. The molecule has 0 radical (unpaired) electrons. The number of carbonyl (C=O) groups excluding carboxylic acids is 2. The van der Waals surface area contributed by atoms with Crippen LogP contribution in [0.1, 0.15) is 33.6 Å². The zero-order valence-corrected chi connectivity index (χ0v) is 18.6. The number of rotatable bonds is 4. The number of anilines is 2. The molecule has 1 aliphatic rings. The van der Waals surface area contributed by atoms with Gasteiger partial charge in [0.15, 0.2) is 0 Å². The highest BCUT2D eigenvalue weighted by Gasteiger charge is 2.27. The lowest BCUT2D eigenvalue weighted by Gasteiger charge is -2.29. The number of piperidine rings is 1. The van der Waals surface area contributed by atoms with Gasteiger partial charge >= 0.3 is 6.03 Å². The van der Waals surface area contributed by atoms with E-state index in [1.165, 1.54) is 0 Å². The summed E-state index contributed by atoms with van der Waals surface area (Å²) in [5.74, 6) is -0.224. The number of hydrogen-bond acceptors (Lipinski definition) is 4. The van der Waals surface area contributed by atoms with Gasteiger partial charge in [-0.05, 0) is 62.7 Å². The Hall–Kier alpha value is -1.54. The minimum atomic E-state index is -0.597. The van der Waals surface area contributed by atoms with Crippen LogP contribution in [0.5, 0.6) is 0 Å². The number of benzene rings is 1. The largest absolute Gasteiger partial charge is 0.335 e. The van der Waals surface area contributed by atoms with Crippen LogP contribution in [0.4, 0.5) is 16.2 Å². The van der Waals surface area contributed by atoms with Crippen molar-refractivity contribution in [2.45, 2.75) is 45.7 Å². The van der Waals surface area contributed by atoms with E-state index in [-0.39, 0.29) is 48.2 Å². The quantitative estimate of drug-likeness (QED) is 0.585. The first-order valence-corrected chi connectivity index (χ1v) is 9.08. The highest BCUT2D eigenvalue weighted by atomic mass is 35.5. The number of nitrogens with two attached hydrogens (primary N) is 1. The van der Waals surface area contributed by atoms with Crippen LogP contribution in [-0.2, 0) is 4.79 Å². The Morgan fingerprint density at radius 2 is 1.50 bits per heavy atom. The van der Waals surface area contributed by atoms with Gasteiger partial charge in [-0.3, -0.25) is 4.79 Å². The molecular weight excluding hydrogens is 401 g/mol. The van der Waals surface area contributed by atoms with Crippen LogP contribution in [0.2, 0.25) is 0 Å². The van der Waals surface area contributed by atoms with Crippen molar-refractivity contribution in [1.82, 2.24) is 10.2 Å². The van der Waals surface area contributed by atoms with E-state index in [2.05, 4.69) is 27.9 Å². The van der Waals surface area contributed by atoms with Gasteiger partial charge in [-0.15, -0.1) is 24.8 Å². The van der Waals surface area contributed by atoms with E-state index >= 15 is 0 Å². The third-order valence-electron chi connectivity index (χ3n) is 4.68. The molecule has 0 saturated carbocycles. The Kier molecular flexibility index (Phi) is 10.8. The molecular formula is C19H33Cl2N5O2. The van der Waals surface area contributed by atoms with Gasteiger partial charge in [0.05, 0.1) is 6.04 Å². The molecule has 5 N–H and O–H groups in total. The van der Waals surface area contributed by atoms with Crippen molar-refractivity contribution >= 4 is 48.1 Å². The number of nitrogens with one attached hydrogen (secondary N) is 3. The summed E-state index contributed by atoms with van der Waals surface area (Å²) in [6, 6.07) is 6.42. The molecule has 1 heterocycles.